The molecule has 0 amide bonds. The molecule has 0 radical (unpaired) electrons. The number of hydrogen-bond donors (Lipinski definition) is 1. The summed E-state index contributed by atoms with van der Waals surface area (Å²) in [7, 11) is 0. The molecule has 0 fully saturated rings. The molecule has 2 N–H and O–H groups in total. The van der Waals surface area contributed by atoms with E-state index in [4.69, 9.17) is 5.73 Å². The summed E-state index contributed by atoms with van der Waals surface area (Å²) in [6, 6.07) is 9.13. The molecule has 1 aromatic rings. The van der Waals surface area contributed by atoms with E-state index in [1.807, 2.05) is 0 Å². The average molecular weight is 247 g/mol. The normalized spacial score (nSPS) is 12.8. The minimum absolute atomic E-state index is 0.251. The molecule has 0 aliphatic carbocycles. The lowest BCUT2D eigenvalue weighted by Crippen LogP contribution is -2.24. The van der Waals surface area contributed by atoms with Crippen molar-refractivity contribution in [3.8, 4) is 0 Å². The Morgan fingerprint density at radius 1 is 1.00 bits per heavy atom. The molecule has 1 rings (SSSR count). The molecule has 0 aliphatic heterocycles. The van der Waals surface area contributed by atoms with E-state index in [2.05, 4.69) is 58.9 Å². The van der Waals surface area contributed by atoms with Crippen LogP contribution >= 0.6 is 0 Å². The fourth-order valence-corrected chi connectivity index (χ4v) is 1.91. The number of nitrogens with two attached hydrogens (primary N) is 1. The maximum atomic E-state index is 5.77. The first-order valence-electron chi connectivity index (χ1n) is 7.10. The quantitative estimate of drug-likeness (QED) is 0.797. The van der Waals surface area contributed by atoms with Crippen molar-refractivity contribution in [3.05, 3.63) is 35.4 Å². The molecule has 1 heteroatoms. The van der Waals surface area contributed by atoms with Gasteiger partial charge in [-0.05, 0) is 47.8 Å². The van der Waals surface area contributed by atoms with Crippen molar-refractivity contribution in [1.82, 2.24) is 0 Å². The first-order valence-corrected chi connectivity index (χ1v) is 7.10. The lowest BCUT2D eigenvalue weighted by molar-refractivity contribution is 0.348. The summed E-state index contributed by atoms with van der Waals surface area (Å²) in [5.41, 5.74) is 9.17. The summed E-state index contributed by atoms with van der Waals surface area (Å²) in [5.74, 6) is 0. The van der Waals surface area contributed by atoms with Gasteiger partial charge in [0.05, 0.1) is 0 Å². The van der Waals surface area contributed by atoms with Gasteiger partial charge in [0.15, 0.2) is 0 Å². The number of rotatable bonds is 6. The lowest BCUT2D eigenvalue weighted by atomic mass is 9.81. The summed E-state index contributed by atoms with van der Waals surface area (Å²) < 4.78 is 0. The third-order valence-electron chi connectivity index (χ3n) is 4.26. The number of aryl methyl sites for hydroxylation is 1. The highest BCUT2D eigenvalue weighted by atomic mass is 14.6. The largest absolute Gasteiger partial charge is 0.330 e. The molecule has 0 unspecified atom stereocenters. The first-order chi connectivity index (χ1) is 8.30. The van der Waals surface area contributed by atoms with E-state index in [0.717, 1.165) is 19.4 Å². The van der Waals surface area contributed by atoms with Crippen molar-refractivity contribution in [2.75, 3.05) is 6.54 Å². The summed E-state index contributed by atoms with van der Waals surface area (Å²) in [6.45, 7) is 12.1. The second-order valence-electron chi connectivity index (χ2n) is 6.80. The fourth-order valence-electron chi connectivity index (χ4n) is 1.91. The van der Waals surface area contributed by atoms with Gasteiger partial charge in [-0.2, -0.15) is 0 Å². The zero-order valence-electron chi connectivity index (χ0n) is 12.7. The van der Waals surface area contributed by atoms with Gasteiger partial charge in [0.25, 0.3) is 0 Å². The van der Waals surface area contributed by atoms with Gasteiger partial charge in [0.2, 0.25) is 0 Å². The van der Waals surface area contributed by atoms with E-state index in [0.29, 0.717) is 0 Å². The Morgan fingerprint density at radius 3 is 2.00 bits per heavy atom. The molecule has 102 valence electrons. The van der Waals surface area contributed by atoms with Crippen molar-refractivity contribution in [2.45, 2.75) is 59.3 Å². The van der Waals surface area contributed by atoms with Crippen LogP contribution in [0.4, 0.5) is 0 Å². The van der Waals surface area contributed by atoms with Crippen LogP contribution in [0.2, 0.25) is 0 Å². The smallest absolute Gasteiger partial charge is 0.00257 e. The van der Waals surface area contributed by atoms with Crippen molar-refractivity contribution in [1.29, 1.82) is 0 Å². The van der Waals surface area contributed by atoms with E-state index in [9.17, 15) is 0 Å². The standard InChI is InChI=1S/C17H29N/c1-6-17(4,5)15-9-7-14(8-10-15)11-12-16(2,3)13-18/h7-10H,6,11-13,18H2,1-5H3. The van der Waals surface area contributed by atoms with Crippen molar-refractivity contribution in [2.24, 2.45) is 11.1 Å². The second kappa shape index (κ2) is 5.88. The van der Waals surface area contributed by atoms with Crippen LogP contribution in [-0.2, 0) is 11.8 Å². The predicted octanol–water partition coefficient (Wildman–Crippen LogP) is 4.29. The predicted molar refractivity (Wildman–Crippen MR) is 80.9 cm³/mol. The second-order valence-corrected chi connectivity index (χ2v) is 6.80. The van der Waals surface area contributed by atoms with Gasteiger partial charge >= 0.3 is 0 Å². The van der Waals surface area contributed by atoms with Crippen LogP contribution in [0.1, 0.15) is 58.6 Å². The highest BCUT2D eigenvalue weighted by Gasteiger charge is 2.18. The van der Waals surface area contributed by atoms with Crippen LogP contribution < -0.4 is 5.73 Å². The Morgan fingerprint density at radius 2 is 1.56 bits per heavy atom. The Labute approximate surface area is 113 Å². The Balaban J connectivity index is 2.67. The molecular weight excluding hydrogens is 218 g/mol. The third-order valence-corrected chi connectivity index (χ3v) is 4.26. The maximum absolute atomic E-state index is 5.77. The Hall–Kier alpha value is -0.820. The maximum Gasteiger partial charge on any atom is -0.00257 e. The van der Waals surface area contributed by atoms with Crippen LogP contribution in [0.5, 0.6) is 0 Å². The van der Waals surface area contributed by atoms with Crippen molar-refractivity contribution >= 4 is 0 Å². The Kier molecular flexibility index (Phi) is 4.98. The SMILES string of the molecule is CCC(C)(C)c1ccc(CCC(C)(C)CN)cc1. The molecule has 0 bridgehead atoms. The molecule has 0 aromatic heterocycles. The molecule has 0 atom stereocenters. The number of hydrogen-bond acceptors (Lipinski definition) is 1. The van der Waals surface area contributed by atoms with Gasteiger partial charge in [0.1, 0.15) is 0 Å². The summed E-state index contributed by atoms with van der Waals surface area (Å²) in [5, 5.41) is 0. The van der Waals surface area contributed by atoms with Crippen LogP contribution in [0.25, 0.3) is 0 Å². The number of benzene rings is 1. The van der Waals surface area contributed by atoms with Gasteiger partial charge in [-0.1, -0.05) is 58.9 Å². The first kappa shape index (κ1) is 15.2. The van der Waals surface area contributed by atoms with Gasteiger partial charge in [0, 0.05) is 0 Å². The van der Waals surface area contributed by atoms with Gasteiger partial charge in [-0.25, -0.2) is 0 Å². The van der Waals surface area contributed by atoms with Gasteiger partial charge in [-0.3, -0.25) is 0 Å². The van der Waals surface area contributed by atoms with Crippen LogP contribution in [-0.4, -0.2) is 6.54 Å². The van der Waals surface area contributed by atoms with Gasteiger partial charge < -0.3 is 5.73 Å². The highest BCUT2D eigenvalue weighted by molar-refractivity contribution is 5.28. The zero-order chi connectivity index (χ0) is 13.8. The van der Waals surface area contributed by atoms with E-state index < -0.39 is 0 Å². The minimum Gasteiger partial charge on any atom is -0.330 e. The topological polar surface area (TPSA) is 26.0 Å². The Bertz CT molecular complexity index is 360. The van der Waals surface area contributed by atoms with Crippen LogP contribution in [0, 0.1) is 5.41 Å². The molecule has 0 saturated carbocycles. The summed E-state index contributed by atoms with van der Waals surface area (Å²) in [4.78, 5) is 0. The molecule has 1 nitrogen and oxygen atoms in total. The van der Waals surface area contributed by atoms with Crippen LogP contribution in [0.3, 0.4) is 0 Å². The molecule has 1 aromatic carbocycles. The summed E-state index contributed by atoms with van der Waals surface area (Å²) in [6.07, 6.45) is 3.45. The van der Waals surface area contributed by atoms with Crippen molar-refractivity contribution < 1.29 is 0 Å². The average Bonchev–Trinajstić information content (AvgIpc) is 2.37. The molecule has 0 spiro atoms. The van der Waals surface area contributed by atoms with E-state index >= 15 is 0 Å². The van der Waals surface area contributed by atoms with Crippen LogP contribution in [0.15, 0.2) is 24.3 Å². The molecule has 0 saturated heterocycles. The third kappa shape index (κ3) is 4.13. The monoisotopic (exact) mass is 247 g/mol. The molecule has 0 aliphatic rings. The molecule has 18 heavy (non-hydrogen) atoms. The van der Waals surface area contributed by atoms with E-state index in [-0.39, 0.29) is 10.8 Å². The minimum atomic E-state index is 0.251. The summed E-state index contributed by atoms with van der Waals surface area (Å²) >= 11 is 0. The zero-order valence-corrected chi connectivity index (χ0v) is 12.7. The van der Waals surface area contributed by atoms with E-state index in [1.165, 1.54) is 17.5 Å². The van der Waals surface area contributed by atoms with Gasteiger partial charge in [-0.15, -0.1) is 0 Å². The fraction of sp³-hybridized carbons (Fsp3) is 0.647. The lowest BCUT2D eigenvalue weighted by Gasteiger charge is -2.24. The van der Waals surface area contributed by atoms with Crippen molar-refractivity contribution in [3.63, 3.8) is 0 Å². The molecule has 0 heterocycles. The highest BCUT2D eigenvalue weighted by Crippen LogP contribution is 2.27. The molecular formula is C17H29N. The van der Waals surface area contributed by atoms with E-state index in [1.54, 1.807) is 0 Å².